The van der Waals surface area contributed by atoms with E-state index in [-0.39, 0.29) is 0 Å². The Labute approximate surface area is 427 Å². The lowest BCUT2D eigenvalue weighted by atomic mass is 9.70. The average Bonchev–Trinajstić information content (AvgIpc) is 3.99. The molecule has 14 rings (SSSR count). The molecule has 74 heavy (non-hydrogen) atoms. The Morgan fingerprint density at radius 1 is 0.297 bits per heavy atom. The summed E-state index contributed by atoms with van der Waals surface area (Å²) in [4.78, 5) is 32.9. The molecule has 13 aromatic rings. The van der Waals surface area contributed by atoms with Gasteiger partial charge in [0.1, 0.15) is 5.41 Å². The highest BCUT2D eigenvalue weighted by Crippen LogP contribution is 2.59. The molecule has 1 unspecified atom stereocenters. The number of hydrogen-bond acceptors (Lipinski definition) is 6. The van der Waals surface area contributed by atoms with Gasteiger partial charge in [0.2, 0.25) is 5.95 Å². The molecule has 0 amide bonds. The van der Waals surface area contributed by atoms with E-state index in [0.29, 0.717) is 35.1 Å². The lowest BCUT2D eigenvalue weighted by Gasteiger charge is -2.33. The number of hydrogen-bond donors (Lipinski definition) is 0. The van der Waals surface area contributed by atoms with Crippen molar-refractivity contribution in [1.29, 1.82) is 0 Å². The van der Waals surface area contributed by atoms with E-state index in [0.717, 1.165) is 94.1 Å². The van der Waals surface area contributed by atoms with Gasteiger partial charge in [0.15, 0.2) is 29.1 Å². The number of para-hydroxylation sites is 1. The smallest absolute Gasteiger partial charge is 0.238 e. The Kier molecular flexibility index (Phi) is 10.3. The van der Waals surface area contributed by atoms with Gasteiger partial charge in [-0.2, -0.15) is 9.97 Å². The summed E-state index contributed by atoms with van der Waals surface area (Å²) in [6.07, 6.45) is 0. The van der Waals surface area contributed by atoms with Crippen LogP contribution in [0.5, 0.6) is 0 Å². The van der Waals surface area contributed by atoms with Crippen molar-refractivity contribution in [2.45, 2.75) is 5.41 Å². The summed E-state index contributed by atoms with van der Waals surface area (Å²) >= 11 is 0. The molecule has 0 radical (unpaired) electrons. The third kappa shape index (κ3) is 7.05. The van der Waals surface area contributed by atoms with Crippen molar-refractivity contribution in [3.8, 4) is 84.9 Å². The Morgan fingerprint density at radius 3 is 1.22 bits per heavy atom. The molecule has 0 aliphatic heterocycles. The molecule has 0 saturated carbocycles. The maximum absolute atomic E-state index is 5.76. The zero-order valence-corrected chi connectivity index (χ0v) is 40.0. The minimum atomic E-state index is -1.18. The first-order valence-electron chi connectivity index (χ1n) is 24.9. The molecular formula is C67H43N7. The third-order valence-electron chi connectivity index (χ3n) is 14.3. The first kappa shape index (κ1) is 42.9. The van der Waals surface area contributed by atoms with Crippen molar-refractivity contribution in [3.63, 3.8) is 0 Å². The summed E-state index contributed by atoms with van der Waals surface area (Å²) < 4.78 is 2.27. The molecule has 7 heteroatoms. The molecule has 346 valence electrons. The summed E-state index contributed by atoms with van der Waals surface area (Å²) in [6.45, 7) is 0. The fourth-order valence-corrected chi connectivity index (χ4v) is 11.0. The predicted octanol–water partition coefficient (Wildman–Crippen LogP) is 15.5. The van der Waals surface area contributed by atoms with Gasteiger partial charge in [-0.3, -0.25) is 4.57 Å². The Balaban J connectivity index is 1.19. The van der Waals surface area contributed by atoms with Crippen LogP contribution >= 0.6 is 0 Å². The number of aromatic nitrogens is 7. The molecule has 1 aliphatic rings. The maximum atomic E-state index is 5.76. The SMILES string of the molecule is c1ccc(-c2cc(-c3ccccc3)cc(C3(c4nc(-c5ccccc5)nc(-c5ccccc5)n4)c4ccccc4-c4ccc5c6ccccc6n(-c6nc(-c7ccccc7)nc(-c7ccccc7)n6)c5c43)c2)cc1. The molecule has 1 atom stereocenters. The Bertz CT molecular complexity index is 3920. The number of benzene rings is 10. The quantitative estimate of drug-likeness (QED) is 0.143. The standard InChI is InChI=1S/C67H43N7/c1-7-23-44(24-8-1)50-41-51(45-25-9-2-10-26-45)43-52(42-50)67(65-70-61(46-27-11-3-12-28-46)68-62(71-65)47-29-13-4-14-30-47)57-37-21-19-35-53(57)55-39-40-56-54-36-20-22-38-58(54)74(60(56)59(55)67)66-72-63(48-31-15-5-16-32-48)69-64(73-66)49-33-17-6-18-34-49/h1-43H. The van der Waals surface area contributed by atoms with Gasteiger partial charge in [0.05, 0.1) is 11.0 Å². The van der Waals surface area contributed by atoms with E-state index in [1.165, 1.54) is 0 Å². The van der Waals surface area contributed by atoms with Crippen molar-refractivity contribution in [1.82, 2.24) is 34.5 Å². The molecule has 7 nitrogen and oxygen atoms in total. The van der Waals surface area contributed by atoms with E-state index in [1.807, 2.05) is 72.8 Å². The summed E-state index contributed by atoms with van der Waals surface area (Å²) in [6, 6.07) is 91.1. The zero-order valence-electron chi connectivity index (χ0n) is 40.0. The van der Waals surface area contributed by atoms with Gasteiger partial charge in [0, 0.05) is 38.6 Å². The van der Waals surface area contributed by atoms with E-state index < -0.39 is 5.41 Å². The first-order chi connectivity index (χ1) is 36.7. The monoisotopic (exact) mass is 945 g/mol. The van der Waals surface area contributed by atoms with Gasteiger partial charge in [-0.1, -0.05) is 237 Å². The molecule has 10 aromatic carbocycles. The number of nitrogens with zero attached hydrogens (tertiary/aromatic N) is 7. The van der Waals surface area contributed by atoms with E-state index in [1.54, 1.807) is 0 Å². The van der Waals surface area contributed by atoms with Crippen LogP contribution in [0.2, 0.25) is 0 Å². The third-order valence-corrected chi connectivity index (χ3v) is 14.3. The second-order valence-corrected chi connectivity index (χ2v) is 18.6. The van der Waals surface area contributed by atoms with Gasteiger partial charge < -0.3 is 0 Å². The van der Waals surface area contributed by atoms with Crippen LogP contribution in [-0.2, 0) is 5.41 Å². The van der Waals surface area contributed by atoms with Gasteiger partial charge in [-0.25, -0.2) is 19.9 Å². The molecule has 0 fully saturated rings. The molecule has 1 aliphatic carbocycles. The fourth-order valence-electron chi connectivity index (χ4n) is 11.0. The van der Waals surface area contributed by atoms with Gasteiger partial charge in [-0.15, -0.1) is 0 Å². The largest absolute Gasteiger partial charge is 0.277 e. The lowest BCUT2D eigenvalue weighted by molar-refractivity contribution is 0.695. The summed E-state index contributed by atoms with van der Waals surface area (Å²) in [7, 11) is 0. The maximum Gasteiger partial charge on any atom is 0.238 e. The minimum absolute atomic E-state index is 0.496. The summed E-state index contributed by atoms with van der Waals surface area (Å²) in [5.74, 6) is 3.39. The molecule has 3 heterocycles. The first-order valence-corrected chi connectivity index (χ1v) is 24.9. The van der Waals surface area contributed by atoms with Crippen LogP contribution in [0.1, 0.15) is 22.5 Å². The van der Waals surface area contributed by atoms with Crippen LogP contribution in [-0.4, -0.2) is 34.5 Å². The molecule has 3 aromatic heterocycles. The highest BCUT2D eigenvalue weighted by molar-refractivity contribution is 6.13. The molecule has 0 saturated heterocycles. The van der Waals surface area contributed by atoms with Crippen molar-refractivity contribution in [2.75, 3.05) is 0 Å². The van der Waals surface area contributed by atoms with Crippen molar-refractivity contribution >= 4 is 21.8 Å². The Hall–Kier alpha value is -9.98. The molecule has 0 N–H and O–H groups in total. The second-order valence-electron chi connectivity index (χ2n) is 18.6. The highest BCUT2D eigenvalue weighted by Gasteiger charge is 2.51. The van der Waals surface area contributed by atoms with Crippen molar-refractivity contribution < 1.29 is 0 Å². The number of rotatable bonds is 9. The molecular weight excluding hydrogens is 903 g/mol. The average molecular weight is 946 g/mol. The van der Waals surface area contributed by atoms with Crippen LogP contribution < -0.4 is 0 Å². The second kappa shape index (κ2) is 17.7. The topological polar surface area (TPSA) is 82.3 Å². The highest BCUT2D eigenvalue weighted by atomic mass is 15.2. The number of fused-ring (bicyclic) bond motifs is 7. The Morgan fingerprint density at radius 2 is 0.716 bits per heavy atom. The van der Waals surface area contributed by atoms with Crippen LogP contribution in [0.15, 0.2) is 261 Å². The van der Waals surface area contributed by atoms with Gasteiger partial charge in [-0.05, 0) is 68.8 Å². The van der Waals surface area contributed by atoms with E-state index in [4.69, 9.17) is 29.9 Å². The lowest BCUT2D eigenvalue weighted by Crippen LogP contribution is -2.32. The van der Waals surface area contributed by atoms with Gasteiger partial charge >= 0.3 is 0 Å². The van der Waals surface area contributed by atoms with Crippen LogP contribution in [0, 0.1) is 0 Å². The van der Waals surface area contributed by atoms with Crippen molar-refractivity contribution in [2.24, 2.45) is 0 Å². The fraction of sp³-hybridized carbons (Fsp3) is 0.0149. The zero-order chi connectivity index (χ0) is 49.0. The summed E-state index contributed by atoms with van der Waals surface area (Å²) in [5, 5.41) is 2.11. The van der Waals surface area contributed by atoms with Crippen molar-refractivity contribution in [3.05, 3.63) is 283 Å². The summed E-state index contributed by atoms with van der Waals surface area (Å²) in [5.41, 5.74) is 13.8. The van der Waals surface area contributed by atoms with E-state index in [2.05, 4.69) is 193 Å². The van der Waals surface area contributed by atoms with Crippen LogP contribution in [0.25, 0.3) is 107 Å². The van der Waals surface area contributed by atoms with E-state index >= 15 is 0 Å². The normalized spacial score (nSPS) is 13.7. The van der Waals surface area contributed by atoms with Gasteiger partial charge in [0.25, 0.3) is 0 Å². The minimum Gasteiger partial charge on any atom is -0.277 e. The molecule has 0 bridgehead atoms. The predicted molar refractivity (Wildman–Crippen MR) is 297 cm³/mol. The van der Waals surface area contributed by atoms with E-state index in [9.17, 15) is 0 Å². The van der Waals surface area contributed by atoms with Crippen LogP contribution in [0.3, 0.4) is 0 Å². The molecule has 0 spiro atoms. The van der Waals surface area contributed by atoms with Crippen LogP contribution in [0.4, 0.5) is 0 Å².